The molecule has 0 spiro atoms. The molecular formula is C39H24F9N15Sm. The van der Waals surface area contributed by atoms with Crippen molar-refractivity contribution >= 4 is 0 Å². The first-order chi connectivity index (χ1) is 30.1. The van der Waals surface area contributed by atoms with E-state index < -0.39 is 36.0 Å². The number of hydrogen-bond acceptors (Lipinski definition) is 12. The smallest absolute Gasteiger partial charge is 0.255 e. The Hall–Kier alpha value is -6.97. The van der Waals surface area contributed by atoms with Gasteiger partial charge >= 0.3 is 18.5 Å². The molecule has 0 saturated carbocycles. The van der Waals surface area contributed by atoms with E-state index >= 15 is 0 Å². The average molecular weight is 1020 g/mol. The largest absolute Gasteiger partial charge is 0.451 e. The molecule has 0 amide bonds. The van der Waals surface area contributed by atoms with Crippen LogP contribution in [0.4, 0.5) is 39.5 Å². The maximum absolute atomic E-state index is 12.5. The van der Waals surface area contributed by atoms with Crippen LogP contribution in [0.3, 0.4) is 0 Å². The van der Waals surface area contributed by atoms with Gasteiger partial charge in [-0.15, -0.1) is 0 Å². The van der Waals surface area contributed by atoms with Crippen molar-refractivity contribution in [2.45, 2.75) is 18.5 Å². The standard InChI is InChI=1S/3C13H8F3N5.Sm/c3*14-13(15,16)12-19-11(20-21-12)10-6-3-5-9(18-10)8-4-1-2-7-17-8;/h3*1-7H,(H,19,20,21);. The summed E-state index contributed by atoms with van der Waals surface area (Å²) in [6, 6.07) is 30.7. The summed E-state index contributed by atoms with van der Waals surface area (Å²) in [5.41, 5.74) is 4.17. The Kier molecular flexibility index (Phi) is 14.6. The second kappa shape index (κ2) is 20.0. The average Bonchev–Trinajstić information content (AvgIpc) is 4.11. The van der Waals surface area contributed by atoms with Crippen LogP contribution >= 0.6 is 0 Å². The summed E-state index contributed by atoms with van der Waals surface area (Å²) in [4.78, 5) is 35.3. The van der Waals surface area contributed by atoms with Crippen LogP contribution in [-0.2, 0) is 18.5 Å². The SMILES string of the molecule is FC(F)(F)c1nc(-c2cccc(-c3ccccn3)n2)n[nH]1.FC(F)(F)c1nc(-c2cccc(-c3ccccn3)n2)n[nH]1.FC(F)(F)c1nc(-c2cccc(-c3ccccn3)n2)n[nH]1.[Sm]. The first-order valence-electron chi connectivity index (χ1n) is 17.8. The number of nitrogens with one attached hydrogen (secondary N) is 3. The van der Waals surface area contributed by atoms with E-state index in [0.29, 0.717) is 34.2 Å². The van der Waals surface area contributed by atoms with Crippen molar-refractivity contribution in [3.05, 3.63) is 145 Å². The topological polar surface area (TPSA) is 202 Å². The third-order valence-corrected chi connectivity index (χ3v) is 7.98. The molecule has 25 heteroatoms. The summed E-state index contributed by atoms with van der Waals surface area (Å²) < 4.78 is 112. The fourth-order valence-electron chi connectivity index (χ4n) is 5.16. The molecule has 0 fully saturated rings. The number of nitrogens with zero attached hydrogens (tertiary/aromatic N) is 12. The molecule has 0 atom stereocenters. The van der Waals surface area contributed by atoms with Gasteiger partial charge in [-0.25, -0.2) is 29.9 Å². The fraction of sp³-hybridized carbons (Fsp3) is 0.0769. The van der Waals surface area contributed by atoms with Crippen molar-refractivity contribution < 1.29 is 79.9 Å². The maximum atomic E-state index is 12.5. The molecule has 64 heavy (non-hydrogen) atoms. The molecule has 0 radical (unpaired) electrons. The Morgan fingerprint density at radius 2 is 0.547 bits per heavy atom. The van der Waals surface area contributed by atoms with Gasteiger partial charge < -0.3 is 0 Å². The number of halogens is 9. The van der Waals surface area contributed by atoms with E-state index in [-0.39, 0.29) is 74.9 Å². The van der Waals surface area contributed by atoms with Crippen LogP contribution in [0.1, 0.15) is 17.5 Å². The fourth-order valence-corrected chi connectivity index (χ4v) is 5.16. The van der Waals surface area contributed by atoms with Crippen LogP contribution < -0.4 is 0 Å². The third kappa shape index (κ3) is 11.9. The van der Waals surface area contributed by atoms with E-state index in [2.05, 4.69) is 60.2 Å². The van der Waals surface area contributed by atoms with Gasteiger partial charge in [0.05, 0.1) is 34.2 Å². The minimum Gasteiger partial charge on any atom is -0.255 e. The van der Waals surface area contributed by atoms with Crippen LogP contribution in [0, 0.1) is 40.4 Å². The van der Waals surface area contributed by atoms with Crippen LogP contribution in [0.15, 0.2) is 128 Å². The molecule has 0 aromatic carbocycles. The minimum absolute atomic E-state index is 0. The Bertz CT molecular complexity index is 2570. The van der Waals surface area contributed by atoms with Crippen molar-refractivity contribution in [1.82, 2.24) is 75.4 Å². The molecular weight excluding hydrogens is 1000 g/mol. The second-order valence-electron chi connectivity index (χ2n) is 12.4. The van der Waals surface area contributed by atoms with Crippen molar-refractivity contribution in [2.24, 2.45) is 0 Å². The van der Waals surface area contributed by atoms with Crippen molar-refractivity contribution in [3.63, 3.8) is 0 Å². The zero-order valence-corrected chi connectivity index (χ0v) is 34.4. The molecule has 0 saturated heterocycles. The van der Waals surface area contributed by atoms with Gasteiger partial charge in [0.2, 0.25) is 17.5 Å². The van der Waals surface area contributed by atoms with Gasteiger partial charge in [0.15, 0.2) is 17.5 Å². The van der Waals surface area contributed by atoms with E-state index in [0.717, 1.165) is 0 Å². The van der Waals surface area contributed by atoms with Gasteiger partial charge in [0.1, 0.15) is 17.1 Å². The molecule has 0 aliphatic carbocycles. The number of H-pyrrole nitrogens is 3. The molecule has 9 rings (SSSR count). The Labute approximate surface area is 385 Å². The third-order valence-electron chi connectivity index (χ3n) is 7.98. The molecule has 9 aromatic heterocycles. The van der Waals surface area contributed by atoms with E-state index in [9.17, 15) is 39.5 Å². The first kappa shape index (κ1) is 46.5. The number of rotatable bonds is 6. The predicted molar refractivity (Wildman–Crippen MR) is 204 cm³/mol. The van der Waals surface area contributed by atoms with Gasteiger partial charge in [-0.1, -0.05) is 36.4 Å². The molecule has 0 unspecified atom stereocenters. The number of hydrogen-bond donors (Lipinski definition) is 3. The van der Waals surface area contributed by atoms with Crippen LogP contribution in [0.5, 0.6) is 0 Å². The van der Waals surface area contributed by atoms with Crippen molar-refractivity contribution in [2.75, 3.05) is 0 Å². The summed E-state index contributed by atoms with van der Waals surface area (Å²) in [5.74, 6) is -3.78. The summed E-state index contributed by atoms with van der Waals surface area (Å²) in [6.07, 6.45) is -8.87. The zero-order valence-electron chi connectivity index (χ0n) is 31.8. The van der Waals surface area contributed by atoms with E-state index in [1.54, 1.807) is 110 Å². The molecule has 15 nitrogen and oxygen atoms in total. The maximum Gasteiger partial charge on any atom is 0.451 e. The number of aromatic nitrogens is 15. The van der Waals surface area contributed by atoms with Crippen LogP contribution in [0.2, 0.25) is 0 Å². The molecule has 0 aliphatic heterocycles. The first-order valence-corrected chi connectivity index (χ1v) is 17.8. The van der Waals surface area contributed by atoms with Crippen LogP contribution in [0.25, 0.3) is 68.7 Å². The van der Waals surface area contributed by atoms with Crippen molar-refractivity contribution in [3.8, 4) is 68.7 Å². The second-order valence-corrected chi connectivity index (χ2v) is 12.4. The monoisotopic (exact) mass is 1030 g/mol. The number of pyridine rings is 6. The van der Waals surface area contributed by atoms with Gasteiger partial charge in [-0.3, -0.25) is 30.2 Å². The van der Waals surface area contributed by atoms with Gasteiger partial charge in [-0.2, -0.15) is 54.8 Å². The molecule has 9 heterocycles. The van der Waals surface area contributed by atoms with E-state index in [4.69, 9.17) is 0 Å². The molecule has 9 aromatic rings. The van der Waals surface area contributed by atoms with Crippen LogP contribution in [-0.4, -0.2) is 75.4 Å². The Morgan fingerprint density at radius 1 is 0.297 bits per heavy atom. The quantitative estimate of drug-likeness (QED) is 0.134. The molecule has 324 valence electrons. The number of aromatic amines is 3. The van der Waals surface area contributed by atoms with Gasteiger partial charge in [-0.05, 0) is 72.8 Å². The summed E-state index contributed by atoms with van der Waals surface area (Å²) in [5, 5.41) is 16.2. The van der Waals surface area contributed by atoms with Crippen molar-refractivity contribution in [1.29, 1.82) is 0 Å². The Balaban J connectivity index is 0.000000158. The number of alkyl halides is 9. The van der Waals surface area contributed by atoms with Gasteiger partial charge in [0.25, 0.3) is 0 Å². The molecule has 3 N–H and O–H groups in total. The van der Waals surface area contributed by atoms with E-state index in [1.807, 2.05) is 15.3 Å². The predicted octanol–water partition coefficient (Wildman–Crippen LogP) is 8.84. The van der Waals surface area contributed by atoms with Gasteiger partial charge in [0, 0.05) is 59.0 Å². The summed E-state index contributed by atoms with van der Waals surface area (Å²) in [7, 11) is 0. The summed E-state index contributed by atoms with van der Waals surface area (Å²) >= 11 is 0. The normalized spacial score (nSPS) is 11.4. The molecule has 0 bridgehead atoms. The van der Waals surface area contributed by atoms with E-state index in [1.165, 1.54) is 18.2 Å². The Morgan fingerprint density at radius 3 is 0.766 bits per heavy atom. The zero-order chi connectivity index (χ0) is 44.6. The summed E-state index contributed by atoms with van der Waals surface area (Å²) in [6.45, 7) is 0. The molecule has 0 aliphatic rings. The minimum atomic E-state index is -4.57.